The molecule has 3 rings (SSSR count). The third kappa shape index (κ3) is 4.77. The average Bonchev–Trinajstić information content (AvgIpc) is 2.95. The Morgan fingerprint density at radius 2 is 1.77 bits per heavy atom. The Hall–Kier alpha value is -2.97. The topological polar surface area (TPSA) is 93.1 Å². The molecule has 0 saturated carbocycles. The summed E-state index contributed by atoms with van der Waals surface area (Å²) in [6.07, 6.45) is 1.70. The van der Waals surface area contributed by atoms with Crippen molar-refractivity contribution in [2.45, 2.75) is 45.1 Å². The van der Waals surface area contributed by atoms with Crippen molar-refractivity contribution >= 4 is 21.6 Å². The molecule has 2 heterocycles. The van der Waals surface area contributed by atoms with Gasteiger partial charge in [-0.25, -0.2) is 18.1 Å². The molecule has 0 bridgehead atoms. The Morgan fingerprint density at radius 3 is 2.40 bits per heavy atom. The number of pyridine rings is 1. The van der Waals surface area contributed by atoms with Gasteiger partial charge >= 0.3 is 0 Å². The van der Waals surface area contributed by atoms with Crippen LogP contribution in [0.4, 0.5) is 5.69 Å². The van der Waals surface area contributed by atoms with Crippen molar-refractivity contribution in [3.8, 4) is 5.82 Å². The van der Waals surface area contributed by atoms with E-state index in [1.165, 1.54) is 12.1 Å². The summed E-state index contributed by atoms with van der Waals surface area (Å²) in [5.74, 6) is 0.413. The highest BCUT2D eigenvalue weighted by Gasteiger charge is 2.23. The van der Waals surface area contributed by atoms with Gasteiger partial charge in [-0.05, 0) is 71.0 Å². The molecular weight excluding hydrogens is 400 g/mol. The molecule has 0 spiro atoms. The van der Waals surface area contributed by atoms with Crippen molar-refractivity contribution in [1.29, 1.82) is 0 Å². The minimum atomic E-state index is -3.70. The molecule has 0 fully saturated rings. The zero-order valence-electron chi connectivity index (χ0n) is 17.7. The number of benzene rings is 1. The van der Waals surface area contributed by atoms with E-state index in [4.69, 9.17) is 0 Å². The lowest BCUT2D eigenvalue weighted by Crippen LogP contribution is -2.40. The van der Waals surface area contributed by atoms with Crippen LogP contribution in [-0.4, -0.2) is 29.4 Å². The van der Waals surface area contributed by atoms with Crippen LogP contribution in [0.2, 0.25) is 0 Å². The van der Waals surface area contributed by atoms with Crippen LogP contribution in [0, 0.1) is 13.8 Å². The fraction of sp³-hybridized carbons (Fsp3) is 0.273. The summed E-state index contributed by atoms with van der Waals surface area (Å²) in [5, 5.41) is 2.80. The standard InChI is InChI=1S/C22H26N4O3S/c1-15-13-19(16(2)26(15)20-11-6-7-12-23-20)21(27)24-17-9-8-10-18(14-17)30(28,29)25-22(3,4)5/h6-14,25H,1-5H3,(H,24,27). The number of rotatable bonds is 5. The normalized spacial score (nSPS) is 12.0. The Morgan fingerprint density at radius 1 is 1.03 bits per heavy atom. The summed E-state index contributed by atoms with van der Waals surface area (Å²) in [7, 11) is -3.70. The minimum Gasteiger partial charge on any atom is -0.322 e. The molecule has 3 aromatic rings. The van der Waals surface area contributed by atoms with E-state index in [2.05, 4.69) is 15.0 Å². The monoisotopic (exact) mass is 426 g/mol. The van der Waals surface area contributed by atoms with Gasteiger partial charge in [0.15, 0.2) is 0 Å². The lowest BCUT2D eigenvalue weighted by atomic mass is 10.1. The number of aromatic nitrogens is 2. The first-order chi connectivity index (χ1) is 14.0. The van der Waals surface area contributed by atoms with Gasteiger partial charge < -0.3 is 9.88 Å². The van der Waals surface area contributed by atoms with E-state index in [0.29, 0.717) is 11.3 Å². The maximum absolute atomic E-state index is 12.9. The summed E-state index contributed by atoms with van der Waals surface area (Å²) < 4.78 is 29.7. The van der Waals surface area contributed by atoms with E-state index in [-0.39, 0.29) is 10.8 Å². The summed E-state index contributed by atoms with van der Waals surface area (Å²) in [6, 6.07) is 13.6. The molecule has 2 N–H and O–H groups in total. The molecule has 0 aliphatic rings. The first kappa shape index (κ1) is 21.7. The minimum absolute atomic E-state index is 0.0918. The highest BCUT2D eigenvalue weighted by molar-refractivity contribution is 7.89. The van der Waals surface area contributed by atoms with Crippen LogP contribution < -0.4 is 10.0 Å². The van der Waals surface area contributed by atoms with Crippen LogP contribution in [0.25, 0.3) is 5.82 Å². The number of nitrogens with one attached hydrogen (secondary N) is 2. The van der Waals surface area contributed by atoms with Gasteiger partial charge in [0.05, 0.1) is 10.5 Å². The van der Waals surface area contributed by atoms with Gasteiger partial charge in [0, 0.05) is 28.8 Å². The van der Waals surface area contributed by atoms with E-state index in [0.717, 1.165) is 17.2 Å². The number of aryl methyl sites for hydroxylation is 1. The zero-order valence-corrected chi connectivity index (χ0v) is 18.5. The fourth-order valence-corrected chi connectivity index (χ4v) is 4.70. The van der Waals surface area contributed by atoms with Gasteiger partial charge in [-0.15, -0.1) is 0 Å². The predicted molar refractivity (Wildman–Crippen MR) is 118 cm³/mol. The van der Waals surface area contributed by atoms with Crippen LogP contribution in [0.1, 0.15) is 42.5 Å². The fourth-order valence-electron chi connectivity index (χ4n) is 3.23. The van der Waals surface area contributed by atoms with Gasteiger partial charge in [-0.1, -0.05) is 12.1 Å². The second kappa shape index (κ2) is 8.04. The Balaban J connectivity index is 1.88. The van der Waals surface area contributed by atoms with Crippen molar-refractivity contribution in [1.82, 2.24) is 14.3 Å². The highest BCUT2D eigenvalue weighted by atomic mass is 32.2. The maximum atomic E-state index is 12.9. The molecule has 0 aliphatic heterocycles. The summed E-state index contributed by atoms with van der Waals surface area (Å²) >= 11 is 0. The van der Waals surface area contributed by atoms with Crippen molar-refractivity contribution in [2.24, 2.45) is 0 Å². The molecule has 0 unspecified atom stereocenters. The molecule has 0 atom stereocenters. The summed E-state index contributed by atoms with van der Waals surface area (Å²) in [6.45, 7) is 9.07. The molecule has 8 heteroatoms. The average molecular weight is 427 g/mol. The van der Waals surface area contributed by atoms with E-state index < -0.39 is 15.6 Å². The molecule has 0 radical (unpaired) electrons. The van der Waals surface area contributed by atoms with Gasteiger partial charge in [-0.2, -0.15) is 0 Å². The van der Waals surface area contributed by atoms with Gasteiger partial charge in [0.1, 0.15) is 5.82 Å². The first-order valence-electron chi connectivity index (χ1n) is 9.54. The van der Waals surface area contributed by atoms with Crippen LogP contribution in [-0.2, 0) is 10.0 Å². The van der Waals surface area contributed by atoms with E-state index in [1.54, 1.807) is 45.2 Å². The number of amides is 1. The van der Waals surface area contributed by atoms with E-state index in [9.17, 15) is 13.2 Å². The zero-order chi connectivity index (χ0) is 22.1. The SMILES string of the molecule is Cc1cc(C(=O)Nc2cccc(S(=O)(=O)NC(C)(C)C)c2)c(C)n1-c1ccccn1. The largest absolute Gasteiger partial charge is 0.322 e. The van der Waals surface area contributed by atoms with Crippen molar-refractivity contribution < 1.29 is 13.2 Å². The van der Waals surface area contributed by atoms with E-state index in [1.807, 2.05) is 36.6 Å². The third-order valence-electron chi connectivity index (χ3n) is 4.40. The highest BCUT2D eigenvalue weighted by Crippen LogP contribution is 2.22. The summed E-state index contributed by atoms with van der Waals surface area (Å²) in [4.78, 5) is 17.4. The Bertz CT molecular complexity index is 1180. The van der Waals surface area contributed by atoms with Gasteiger partial charge in [-0.3, -0.25) is 4.79 Å². The smallest absolute Gasteiger partial charge is 0.257 e. The number of nitrogens with zero attached hydrogens (tertiary/aromatic N) is 2. The number of carbonyl (C=O) groups excluding carboxylic acids is 1. The molecule has 2 aromatic heterocycles. The lowest BCUT2D eigenvalue weighted by molar-refractivity contribution is 0.102. The third-order valence-corrected chi connectivity index (χ3v) is 6.15. The molecule has 7 nitrogen and oxygen atoms in total. The van der Waals surface area contributed by atoms with Crippen LogP contribution in [0.15, 0.2) is 59.6 Å². The molecule has 158 valence electrons. The van der Waals surface area contributed by atoms with Crippen LogP contribution in [0.3, 0.4) is 0 Å². The number of sulfonamides is 1. The summed E-state index contributed by atoms with van der Waals surface area (Å²) in [5.41, 5.74) is 1.92. The maximum Gasteiger partial charge on any atom is 0.257 e. The number of hydrogen-bond donors (Lipinski definition) is 2. The molecule has 30 heavy (non-hydrogen) atoms. The van der Waals surface area contributed by atoms with Crippen molar-refractivity contribution in [2.75, 3.05) is 5.32 Å². The van der Waals surface area contributed by atoms with Crippen LogP contribution in [0.5, 0.6) is 0 Å². The predicted octanol–water partition coefficient (Wildman–Crippen LogP) is 3.82. The molecule has 0 saturated heterocycles. The van der Waals surface area contributed by atoms with Gasteiger partial charge in [0.25, 0.3) is 5.91 Å². The lowest BCUT2D eigenvalue weighted by Gasteiger charge is -2.20. The van der Waals surface area contributed by atoms with Gasteiger partial charge in [0.2, 0.25) is 10.0 Å². The Kier molecular flexibility index (Phi) is 5.83. The van der Waals surface area contributed by atoms with E-state index >= 15 is 0 Å². The second-order valence-electron chi connectivity index (χ2n) is 8.15. The molecule has 0 aliphatic carbocycles. The van der Waals surface area contributed by atoms with Crippen molar-refractivity contribution in [3.63, 3.8) is 0 Å². The molecular formula is C22H26N4O3S. The molecule has 1 aromatic carbocycles. The van der Waals surface area contributed by atoms with Crippen molar-refractivity contribution in [3.05, 3.63) is 71.7 Å². The quantitative estimate of drug-likeness (QED) is 0.649. The first-order valence-corrected chi connectivity index (χ1v) is 11.0. The second-order valence-corrected chi connectivity index (χ2v) is 9.83. The number of carbonyl (C=O) groups is 1. The molecule has 1 amide bonds. The number of hydrogen-bond acceptors (Lipinski definition) is 4. The Labute approximate surface area is 177 Å². The number of anilines is 1. The van der Waals surface area contributed by atoms with Crippen LogP contribution >= 0.6 is 0 Å².